The number of fused-ring (bicyclic) bond motifs is 1. The fraction of sp³-hybridized carbons (Fsp3) is 0.647. The molecule has 0 spiro atoms. The van der Waals surface area contributed by atoms with E-state index in [1.807, 2.05) is 0 Å². The first-order chi connectivity index (χ1) is 9.86. The van der Waals surface area contributed by atoms with Crippen LogP contribution in [0.3, 0.4) is 0 Å². The van der Waals surface area contributed by atoms with E-state index in [0.717, 1.165) is 25.9 Å². The molecule has 0 amide bonds. The molecule has 3 nitrogen and oxygen atoms in total. The SMILES string of the molecule is NNC(CCC1CCCCO1)CC1Cc2ccccc21. The zero-order valence-corrected chi connectivity index (χ0v) is 12.2. The lowest BCUT2D eigenvalue weighted by atomic mass is 9.74. The van der Waals surface area contributed by atoms with Gasteiger partial charge in [0, 0.05) is 12.6 Å². The average Bonchev–Trinajstić information content (AvgIpc) is 2.49. The quantitative estimate of drug-likeness (QED) is 0.619. The summed E-state index contributed by atoms with van der Waals surface area (Å²) in [6, 6.07) is 9.20. The second kappa shape index (κ2) is 6.70. The van der Waals surface area contributed by atoms with Gasteiger partial charge in [-0.2, -0.15) is 0 Å². The number of hydrazine groups is 1. The van der Waals surface area contributed by atoms with E-state index in [2.05, 4.69) is 29.7 Å². The van der Waals surface area contributed by atoms with Crippen molar-refractivity contribution in [3.05, 3.63) is 35.4 Å². The van der Waals surface area contributed by atoms with Crippen LogP contribution in [0.25, 0.3) is 0 Å². The Bertz CT molecular complexity index is 429. The third-order valence-electron chi connectivity index (χ3n) is 4.88. The molecule has 3 unspecified atom stereocenters. The highest BCUT2D eigenvalue weighted by atomic mass is 16.5. The van der Waals surface area contributed by atoms with Gasteiger partial charge in [-0.1, -0.05) is 24.3 Å². The summed E-state index contributed by atoms with van der Waals surface area (Å²) in [5.74, 6) is 6.44. The molecule has 3 atom stereocenters. The Labute approximate surface area is 121 Å². The summed E-state index contributed by atoms with van der Waals surface area (Å²) in [6.07, 6.45) is 8.88. The summed E-state index contributed by atoms with van der Waals surface area (Å²) in [7, 11) is 0. The first kappa shape index (κ1) is 14.1. The Hall–Kier alpha value is -0.900. The molecule has 3 rings (SSSR count). The summed E-state index contributed by atoms with van der Waals surface area (Å²) in [6.45, 7) is 0.946. The topological polar surface area (TPSA) is 47.3 Å². The van der Waals surface area contributed by atoms with E-state index in [-0.39, 0.29) is 0 Å². The normalized spacial score (nSPS) is 26.6. The second-order valence-corrected chi connectivity index (χ2v) is 6.27. The van der Waals surface area contributed by atoms with Gasteiger partial charge in [-0.05, 0) is 62.0 Å². The third kappa shape index (κ3) is 3.22. The molecule has 1 saturated heterocycles. The maximum atomic E-state index is 5.81. The summed E-state index contributed by atoms with van der Waals surface area (Å²) in [5, 5.41) is 0. The van der Waals surface area contributed by atoms with E-state index in [0.29, 0.717) is 18.1 Å². The maximum Gasteiger partial charge on any atom is 0.0575 e. The van der Waals surface area contributed by atoms with Crippen LogP contribution in [-0.4, -0.2) is 18.8 Å². The van der Waals surface area contributed by atoms with Crippen molar-refractivity contribution in [1.82, 2.24) is 5.43 Å². The van der Waals surface area contributed by atoms with Crippen molar-refractivity contribution in [3.63, 3.8) is 0 Å². The van der Waals surface area contributed by atoms with Gasteiger partial charge >= 0.3 is 0 Å². The first-order valence-electron chi connectivity index (χ1n) is 8.02. The summed E-state index contributed by atoms with van der Waals surface area (Å²) >= 11 is 0. The van der Waals surface area contributed by atoms with E-state index in [4.69, 9.17) is 10.6 Å². The van der Waals surface area contributed by atoms with Crippen molar-refractivity contribution in [2.45, 2.75) is 63.0 Å². The van der Waals surface area contributed by atoms with E-state index in [9.17, 15) is 0 Å². The van der Waals surface area contributed by atoms with Gasteiger partial charge in [0.05, 0.1) is 6.10 Å². The number of hydrogen-bond acceptors (Lipinski definition) is 3. The number of ether oxygens (including phenoxy) is 1. The fourth-order valence-corrected chi connectivity index (χ4v) is 3.61. The molecule has 2 aliphatic rings. The van der Waals surface area contributed by atoms with Crippen LogP contribution in [-0.2, 0) is 11.2 Å². The maximum absolute atomic E-state index is 5.81. The van der Waals surface area contributed by atoms with E-state index in [1.165, 1.54) is 36.8 Å². The number of nitrogens with two attached hydrogens (primary N) is 1. The lowest BCUT2D eigenvalue weighted by Crippen LogP contribution is -2.38. The molecular formula is C17H26N2O. The van der Waals surface area contributed by atoms with E-state index < -0.39 is 0 Å². The molecule has 20 heavy (non-hydrogen) atoms. The molecule has 1 heterocycles. The van der Waals surface area contributed by atoms with Gasteiger partial charge in [0.25, 0.3) is 0 Å². The van der Waals surface area contributed by atoms with Gasteiger partial charge in [-0.25, -0.2) is 0 Å². The van der Waals surface area contributed by atoms with E-state index >= 15 is 0 Å². The molecule has 0 bridgehead atoms. The fourth-order valence-electron chi connectivity index (χ4n) is 3.61. The zero-order chi connectivity index (χ0) is 13.8. The van der Waals surface area contributed by atoms with Crippen LogP contribution >= 0.6 is 0 Å². The standard InChI is InChI=1S/C17H26N2O/c18-19-15(8-9-16-6-3-4-10-20-16)12-14-11-13-5-1-2-7-17(13)14/h1-2,5,7,14-16,19H,3-4,6,8-12,18H2. The molecule has 0 saturated carbocycles. The molecule has 1 aromatic carbocycles. The number of hydrogen-bond donors (Lipinski definition) is 2. The summed E-state index contributed by atoms with van der Waals surface area (Å²) in [4.78, 5) is 0. The van der Waals surface area contributed by atoms with Crippen molar-refractivity contribution in [2.75, 3.05) is 6.61 Å². The van der Waals surface area contributed by atoms with Gasteiger partial charge in [0.2, 0.25) is 0 Å². The van der Waals surface area contributed by atoms with Crippen LogP contribution < -0.4 is 11.3 Å². The molecule has 1 aromatic rings. The van der Waals surface area contributed by atoms with Gasteiger partial charge in [-0.15, -0.1) is 0 Å². The van der Waals surface area contributed by atoms with Gasteiger partial charge in [0.15, 0.2) is 0 Å². The van der Waals surface area contributed by atoms with Crippen LogP contribution in [0.15, 0.2) is 24.3 Å². The lowest BCUT2D eigenvalue weighted by molar-refractivity contribution is 0.00829. The molecule has 110 valence electrons. The minimum atomic E-state index is 0.416. The van der Waals surface area contributed by atoms with Crippen molar-refractivity contribution in [3.8, 4) is 0 Å². The zero-order valence-electron chi connectivity index (χ0n) is 12.2. The predicted molar refractivity (Wildman–Crippen MR) is 81.4 cm³/mol. The smallest absolute Gasteiger partial charge is 0.0575 e. The average molecular weight is 274 g/mol. The number of benzene rings is 1. The molecular weight excluding hydrogens is 248 g/mol. The van der Waals surface area contributed by atoms with Crippen molar-refractivity contribution < 1.29 is 4.74 Å². The highest BCUT2D eigenvalue weighted by molar-refractivity contribution is 5.39. The first-order valence-corrected chi connectivity index (χ1v) is 8.02. The monoisotopic (exact) mass is 274 g/mol. The van der Waals surface area contributed by atoms with Gasteiger partial charge in [-0.3, -0.25) is 11.3 Å². The highest BCUT2D eigenvalue weighted by Crippen LogP contribution is 2.38. The molecule has 0 aromatic heterocycles. The molecule has 3 N–H and O–H groups in total. The van der Waals surface area contributed by atoms with Crippen LogP contribution in [0.1, 0.15) is 55.6 Å². The predicted octanol–water partition coefficient (Wildman–Crippen LogP) is 2.90. The van der Waals surface area contributed by atoms with Crippen LogP contribution in [0.2, 0.25) is 0 Å². The third-order valence-corrected chi connectivity index (χ3v) is 4.88. The summed E-state index contributed by atoms with van der Waals surface area (Å²) < 4.78 is 5.81. The number of rotatable bonds is 6. The molecule has 0 radical (unpaired) electrons. The largest absolute Gasteiger partial charge is 0.378 e. The van der Waals surface area contributed by atoms with Gasteiger partial charge in [0.1, 0.15) is 0 Å². The Morgan fingerprint density at radius 1 is 1.30 bits per heavy atom. The van der Waals surface area contributed by atoms with Crippen molar-refractivity contribution in [2.24, 2.45) is 5.84 Å². The van der Waals surface area contributed by atoms with Crippen LogP contribution in [0, 0.1) is 0 Å². The lowest BCUT2D eigenvalue weighted by Gasteiger charge is -2.33. The Morgan fingerprint density at radius 2 is 2.20 bits per heavy atom. The van der Waals surface area contributed by atoms with Crippen LogP contribution in [0.4, 0.5) is 0 Å². The number of nitrogens with one attached hydrogen (secondary N) is 1. The second-order valence-electron chi connectivity index (χ2n) is 6.27. The van der Waals surface area contributed by atoms with Crippen LogP contribution in [0.5, 0.6) is 0 Å². The Kier molecular flexibility index (Phi) is 4.71. The minimum absolute atomic E-state index is 0.416. The highest BCUT2D eigenvalue weighted by Gasteiger charge is 2.28. The van der Waals surface area contributed by atoms with Crippen molar-refractivity contribution in [1.29, 1.82) is 0 Å². The van der Waals surface area contributed by atoms with Gasteiger partial charge < -0.3 is 4.74 Å². The molecule has 1 fully saturated rings. The van der Waals surface area contributed by atoms with E-state index in [1.54, 1.807) is 0 Å². The Balaban J connectivity index is 1.46. The summed E-state index contributed by atoms with van der Waals surface area (Å²) in [5.41, 5.74) is 6.06. The minimum Gasteiger partial charge on any atom is -0.378 e. The molecule has 3 heteroatoms. The molecule has 1 aliphatic carbocycles. The van der Waals surface area contributed by atoms with Crippen molar-refractivity contribution >= 4 is 0 Å². The molecule has 1 aliphatic heterocycles. The Morgan fingerprint density at radius 3 is 2.95 bits per heavy atom.